The van der Waals surface area contributed by atoms with Crippen molar-refractivity contribution < 1.29 is 33.7 Å². The Morgan fingerprint density at radius 3 is 2.48 bits per heavy atom. The van der Waals surface area contributed by atoms with Gasteiger partial charge in [-0.3, -0.25) is 19.1 Å². The van der Waals surface area contributed by atoms with Gasteiger partial charge in [0.05, 0.1) is 52.3 Å². The molecule has 0 radical (unpaired) electrons. The zero-order valence-corrected chi connectivity index (χ0v) is 34.0. The molecule has 3 aromatic carbocycles. The number of benzene rings is 3. The smallest absolute Gasteiger partial charge is 0.305 e. The van der Waals surface area contributed by atoms with Crippen LogP contribution < -0.4 is 19.7 Å². The van der Waals surface area contributed by atoms with Gasteiger partial charge in [-0.2, -0.15) is 0 Å². The van der Waals surface area contributed by atoms with Gasteiger partial charge in [0.1, 0.15) is 5.75 Å². The molecule has 4 heterocycles. The highest BCUT2D eigenvalue weighted by atomic mass is 28.3. The summed E-state index contributed by atoms with van der Waals surface area (Å²) in [6, 6.07) is 24.0. The lowest BCUT2D eigenvalue weighted by atomic mass is 9.82. The molecular weight excluding hydrogens is 727 g/mol. The number of aryl methyl sites for hydroxylation is 1. The molecule has 2 saturated heterocycles. The number of aliphatic hydroxyl groups excluding tert-OH is 1. The number of nitrogens with zero attached hydrogens (tertiary/aromatic N) is 5. The Kier molecular flexibility index (Phi) is 11.5. The normalized spacial score (nSPS) is 22.6. The number of unbranched alkanes of at least 4 members (excludes halogenated alkanes) is 1. The molecule has 13 heteroatoms. The van der Waals surface area contributed by atoms with Gasteiger partial charge in [-0.25, -0.2) is 0 Å². The van der Waals surface area contributed by atoms with E-state index in [0.717, 1.165) is 34.7 Å². The van der Waals surface area contributed by atoms with Crippen LogP contribution in [0.15, 0.2) is 79.0 Å². The van der Waals surface area contributed by atoms with Crippen LogP contribution in [-0.4, -0.2) is 86.0 Å². The number of aliphatic hydroxyl groups is 1. The van der Waals surface area contributed by atoms with Gasteiger partial charge in [-0.05, 0) is 67.1 Å². The molecule has 5 atom stereocenters. The Bertz CT molecular complexity index is 2040. The number of amides is 2. The Balaban J connectivity index is 1.26. The van der Waals surface area contributed by atoms with Crippen LogP contribution in [-0.2, 0) is 36.0 Å². The molecule has 56 heavy (non-hydrogen) atoms. The maximum atomic E-state index is 15.2. The molecule has 1 spiro atoms. The number of fused-ring (bicyclic) bond motifs is 2. The Hall–Kier alpha value is -4.85. The topological polar surface area (TPSA) is 136 Å². The van der Waals surface area contributed by atoms with Crippen LogP contribution in [0.3, 0.4) is 0 Å². The molecule has 1 unspecified atom stereocenters. The predicted octanol–water partition coefficient (Wildman–Crippen LogP) is 5.53. The highest BCUT2D eigenvalue weighted by Gasteiger charge is 2.66. The first-order valence-electron chi connectivity index (χ1n) is 19.7. The van der Waals surface area contributed by atoms with Crippen molar-refractivity contribution in [2.75, 3.05) is 43.7 Å². The number of hydrogen-bond acceptors (Lipinski definition) is 9. The number of carbonyl (C=O) groups excluding carboxylic acids is 3. The molecule has 1 N–H and O–H groups in total. The molecule has 0 saturated carbocycles. The van der Waals surface area contributed by atoms with Crippen LogP contribution in [0, 0.1) is 5.92 Å². The van der Waals surface area contributed by atoms with Crippen molar-refractivity contribution in [1.82, 2.24) is 15.0 Å². The van der Waals surface area contributed by atoms with Crippen molar-refractivity contribution in [1.29, 1.82) is 0 Å². The summed E-state index contributed by atoms with van der Waals surface area (Å²) in [6.45, 7) is 8.34. The number of esters is 1. The van der Waals surface area contributed by atoms with Crippen LogP contribution in [0.2, 0.25) is 18.6 Å². The number of anilines is 2. The minimum atomic E-state index is -2.42. The third kappa shape index (κ3) is 7.16. The second kappa shape index (κ2) is 16.3. The number of hydrogen-bond donors (Lipinski definition) is 1. The van der Waals surface area contributed by atoms with E-state index < -0.39 is 13.7 Å². The zero-order valence-electron chi connectivity index (χ0n) is 33.0. The Morgan fingerprint density at radius 1 is 1.04 bits per heavy atom. The largest absolute Gasteiger partial charge is 0.497 e. The summed E-state index contributed by atoms with van der Waals surface area (Å²) in [5, 5.41) is 20.5. The maximum absolute atomic E-state index is 15.2. The van der Waals surface area contributed by atoms with Crippen LogP contribution in [0.4, 0.5) is 11.4 Å². The minimum Gasteiger partial charge on any atom is -0.497 e. The van der Waals surface area contributed by atoms with Crippen molar-refractivity contribution in [3.63, 3.8) is 0 Å². The summed E-state index contributed by atoms with van der Waals surface area (Å²) in [6.07, 6.45) is 4.92. The van der Waals surface area contributed by atoms with Gasteiger partial charge in [0.2, 0.25) is 5.91 Å². The predicted molar refractivity (Wildman–Crippen MR) is 216 cm³/mol. The van der Waals surface area contributed by atoms with Crippen molar-refractivity contribution in [2.45, 2.75) is 88.3 Å². The van der Waals surface area contributed by atoms with Gasteiger partial charge in [0.15, 0.2) is 5.60 Å². The van der Waals surface area contributed by atoms with Gasteiger partial charge in [0, 0.05) is 55.8 Å². The molecule has 296 valence electrons. The van der Waals surface area contributed by atoms with E-state index in [1.165, 1.54) is 12.3 Å². The lowest BCUT2D eigenvalue weighted by molar-refractivity contribution is -0.146. The van der Waals surface area contributed by atoms with Gasteiger partial charge >= 0.3 is 5.97 Å². The summed E-state index contributed by atoms with van der Waals surface area (Å²) >= 11 is 0. The highest BCUT2D eigenvalue weighted by molar-refractivity contribution is 6.91. The van der Waals surface area contributed by atoms with Gasteiger partial charge in [0.25, 0.3) is 5.91 Å². The Labute approximate surface area is 329 Å². The molecule has 0 bridgehead atoms. The number of aromatic nitrogens is 3. The molecule has 3 aliphatic heterocycles. The fraction of sp³-hybridized carbons (Fsp3) is 0.465. The Morgan fingerprint density at radius 2 is 1.80 bits per heavy atom. The van der Waals surface area contributed by atoms with Crippen molar-refractivity contribution in [2.24, 2.45) is 5.92 Å². The van der Waals surface area contributed by atoms with E-state index in [4.69, 9.17) is 14.2 Å². The van der Waals surface area contributed by atoms with Crippen molar-refractivity contribution >= 4 is 42.4 Å². The second-order valence-corrected chi connectivity index (χ2v) is 20.5. The maximum Gasteiger partial charge on any atom is 0.305 e. The summed E-state index contributed by atoms with van der Waals surface area (Å²) in [5.74, 6) is -0.0390. The quantitative estimate of drug-likeness (QED) is 0.0939. The first-order chi connectivity index (χ1) is 27.0. The van der Waals surface area contributed by atoms with Gasteiger partial charge in [-0.15, -0.1) is 5.10 Å². The third-order valence-electron chi connectivity index (χ3n) is 12.4. The summed E-state index contributed by atoms with van der Waals surface area (Å²) in [4.78, 5) is 43.8. The highest BCUT2D eigenvalue weighted by Crippen LogP contribution is 2.60. The zero-order chi connectivity index (χ0) is 39.6. The van der Waals surface area contributed by atoms with E-state index >= 15 is 4.79 Å². The number of methoxy groups -OCH3 is 2. The lowest BCUT2D eigenvalue weighted by Crippen LogP contribution is -2.52. The number of rotatable bonds is 15. The molecule has 4 aromatic rings. The SMILES string of the molecule is COC(=O)CCCCN1C(=O)[C@]2(O[C@H](CCn3cc(C(CO)c4ccccc4)nn3)[C@@H]([Si](C)(C)c3ccc(OC)cc3)[C@@H]2C)c2cc(N3CCCC3=O)ccc21. The second-order valence-electron chi connectivity index (χ2n) is 15.8. The summed E-state index contributed by atoms with van der Waals surface area (Å²) in [5.41, 5.74) is 2.73. The van der Waals surface area contributed by atoms with Gasteiger partial charge < -0.3 is 29.1 Å². The third-order valence-corrected chi connectivity index (χ3v) is 16.7. The molecule has 0 aliphatic carbocycles. The van der Waals surface area contributed by atoms with Crippen molar-refractivity contribution in [3.8, 4) is 5.75 Å². The average molecular weight is 780 g/mol. The van der Waals surface area contributed by atoms with E-state index in [9.17, 15) is 14.7 Å². The van der Waals surface area contributed by atoms with Crippen LogP contribution >= 0.6 is 0 Å². The number of carbonyl (C=O) groups is 3. The summed E-state index contributed by atoms with van der Waals surface area (Å²) < 4.78 is 19.6. The van der Waals surface area contributed by atoms with Crippen LogP contribution in [0.5, 0.6) is 5.75 Å². The molecule has 12 nitrogen and oxygen atoms in total. The first-order valence-corrected chi connectivity index (χ1v) is 22.8. The molecule has 2 amide bonds. The van der Waals surface area contributed by atoms with Gasteiger partial charge in [-0.1, -0.05) is 72.9 Å². The fourth-order valence-corrected chi connectivity index (χ4v) is 13.5. The monoisotopic (exact) mass is 779 g/mol. The summed E-state index contributed by atoms with van der Waals surface area (Å²) in [7, 11) is 0.629. The average Bonchev–Trinajstić information content (AvgIpc) is 3.98. The van der Waals surface area contributed by atoms with Crippen LogP contribution in [0.25, 0.3) is 0 Å². The van der Waals surface area contributed by atoms with E-state index in [0.29, 0.717) is 51.0 Å². The van der Waals surface area contributed by atoms with E-state index in [1.807, 2.05) is 81.3 Å². The van der Waals surface area contributed by atoms with E-state index in [1.54, 1.807) is 7.11 Å². The minimum absolute atomic E-state index is 0.00143. The molecule has 2 fully saturated rings. The van der Waals surface area contributed by atoms with E-state index in [-0.39, 0.29) is 54.3 Å². The lowest BCUT2D eigenvalue weighted by Gasteiger charge is -2.37. The first kappa shape index (κ1) is 39.4. The molecule has 1 aromatic heterocycles. The fourth-order valence-electron chi connectivity index (χ4n) is 9.42. The number of ether oxygens (including phenoxy) is 3. The molecule has 3 aliphatic rings. The van der Waals surface area contributed by atoms with Crippen LogP contribution in [0.1, 0.15) is 68.2 Å². The molecule has 7 rings (SSSR count). The van der Waals surface area contributed by atoms with Crippen molar-refractivity contribution in [3.05, 3.63) is 95.8 Å². The van der Waals surface area contributed by atoms with E-state index in [2.05, 4.69) is 42.5 Å². The standard InChI is InChI=1S/C43H53N5O7Si/c1-29-41(56(4,5)33-19-17-32(53-2)18-20-33)38(22-25-46-27-36(44-45-46)34(28-49)30-12-7-6-8-13-30)55-43(29)35-26-31(47-24-11-14-39(47)50)16-21-37(35)48(42(43)52)23-10-9-15-40(51)54-3/h6-8,12-13,16-21,26-27,29,34,38,41,49H,9-11,14-15,22-25,28H2,1-5H3/t29-,34?,38+,41-,43+/m0/s1. The molecular formula is C43H53N5O7Si.